The fourth-order valence-corrected chi connectivity index (χ4v) is 3.17. The third-order valence-electron chi connectivity index (χ3n) is 3.12. The molecule has 1 atom stereocenters. The van der Waals surface area contributed by atoms with Gasteiger partial charge in [-0.3, -0.25) is 0 Å². The fraction of sp³-hybridized carbons (Fsp3) is 0.571. The maximum Gasteiger partial charge on any atom is 0.122 e. The molecule has 1 heterocycles. The van der Waals surface area contributed by atoms with E-state index in [0.717, 1.165) is 31.2 Å². The minimum absolute atomic E-state index is 0.325. The molecular formula is C14H21NO2S. The normalized spacial score (nSPS) is 19.8. The summed E-state index contributed by atoms with van der Waals surface area (Å²) in [5.74, 6) is 1.96. The van der Waals surface area contributed by atoms with Crippen LogP contribution in [0.25, 0.3) is 0 Å². The third-order valence-corrected chi connectivity index (χ3v) is 4.41. The first kappa shape index (κ1) is 13.7. The largest absolute Gasteiger partial charge is 0.496 e. The summed E-state index contributed by atoms with van der Waals surface area (Å²) in [4.78, 5) is 1.32. The van der Waals surface area contributed by atoms with Crippen LogP contribution in [-0.4, -0.2) is 38.7 Å². The van der Waals surface area contributed by atoms with Gasteiger partial charge in [-0.1, -0.05) is 0 Å². The molecule has 1 aromatic rings. The highest BCUT2D eigenvalue weighted by Gasteiger charge is 2.14. The van der Waals surface area contributed by atoms with E-state index >= 15 is 0 Å². The van der Waals surface area contributed by atoms with Gasteiger partial charge in [-0.15, -0.1) is 11.8 Å². The maximum atomic E-state index is 5.71. The van der Waals surface area contributed by atoms with Crippen LogP contribution in [0.5, 0.6) is 5.75 Å². The van der Waals surface area contributed by atoms with Gasteiger partial charge < -0.3 is 14.8 Å². The van der Waals surface area contributed by atoms with Crippen LogP contribution in [0.1, 0.15) is 11.1 Å². The number of benzene rings is 1. The molecule has 18 heavy (non-hydrogen) atoms. The van der Waals surface area contributed by atoms with Crippen LogP contribution >= 0.6 is 11.8 Å². The summed E-state index contributed by atoms with van der Waals surface area (Å²) in [7, 11) is 1.72. The molecule has 0 saturated carbocycles. The lowest BCUT2D eigenvalue weighted by atomic mass is 10.1. The van der Waals surface area contributed by atoms with Gasteiger partial charge in [0.25, 0.3) is 0 Å². The Morgan fingerprint density at radius 3 is 2.89 bits per heavy atom. The molecule has 2 rings (SSSR count). The van der Waals surface area contributed by atoms with Crippen LogP contribution in [0.15, 0.2) is 17.0 Å². The second kappa shape index (κ2) is 6.45. The van der Waals surface area contributed by atoms with E-state index < -0.39 is 0 Å². The Morgan fingerprint density at radius 2 is 2.22 bits per heavy atom. The summed E-state index contributed by atoms with van der Waals surface area (Å²) in [5.41, 5.74) is 2.46. The van der Waals surface area contributed by atoms with E-state index in [4.69, 9.17) is 9.47 Å². The van der Waals surface area contributed by atoms with Gasteiger partial charge in [-0.2, -0.15) is 0 Å². The first-order chi connectivity index (χ1) is 8.70. The molecule has 1 fully saturated rings. The van der Waals surface area contributed by atoms with Crippen molar-refractivity contribution in [3.63, 3.8) is 0 Å². The van der Waals surface area contributed by atoms with E-state index in [0.29, 0.717) is 6.10 Å². The molecule has 0 aliphatic carbocycles. The number of aryl methyl sites for hydroxylation is 2. The number of rotatable bonds is 4. The van der Waals surface area contributed by atoms with Gasteiger partial charge in [0.05, 0.1) is 19.8 Å². The number of hydrogen-bond acceptors (Lipinski definition) is 4. The second-order valence-corrected chi connectivity index (χ2v) is 5.66. The van der Waals surface area contributed by atoms with Gasteiger partial charge in [-0.25, -0.2) is 0 Å². The first-order valence-corrected chi connectivity index (χ1v) is 7.29. The zero-order valence-electron chi connectivity index (χ0n) is 11.3. The summed E-state index contributed by atoms with van der Waals surface area (Å²) < 4.78 is 11.0. The van der Waals surface area contributed by atoms with Gasteiger partial charge in [0.2, 0.25) is 0 Å². The van der Waals surface area contributed by atoms with Crippen LogP contribution < -0.4 is 10.1 Å². The molecule has 4 heteroatoms. The van der Waals surface area contributed by atoms with Gasteiger partial charge in [0.1, 0.15) is 5.75 Å². The molecule has 0 aromatic heterocycles. The average Bonchev–Trinajstić information content (AvgIpc) is 2.40. The highest BCUT2D eigenvalue weighted by Crippen LogP contribution is 2.30. The molecule has 0 radical (unpaired) electrons. The lowest BCUT2D eigenvalue weighted by Crippen LogP contribution is -2.39. The number of hydrogen-bond donors (Lipinski definition) is 1. The number of morpholine rings is 1. The quantitative estimate of drug-likeness (QED) is 0.849. The maximum absolute atomic E-state index is 5.71. The monoisotopic (exact) mass is 267 g/mol. The summed E-state index contributed by atoms with van der Waals surface area (Å²) in [6.07, 6.45) is 0.325. The number of ether oxygens (including phenoxy) is 2. The van der Waals surface area contributed by atoms with Crippen LogP contribution in [0.2, 0.25) is 0 Å². The van der Waals surface area contributed by atoms with Crippen molar-refractivity contribution >= 4 is 11.8 Å². The molecule has 1 saturated heterocycles. The molecule has 100 valence electrons. The SMILES string of the molecule is COc1cc(C)c(SCC2CNCCO2)cc1C. The predicted molar refractivity (Wildman–Crippen MR) is 75.8 cm³/mol. The second-order valence-electron chi connectivity index (χ2n) is 4.60. The van der Waals surface area contributed by atoms with Crippen molar-refractivity contribution in [2.45, 2.75) is 24.8 Å². The van der Waals surface area contributed by atoms with E-state index in [1.54, 1.807) is 7.11 Å². The minimum atomic E-state index is 0.325. The smallest absolute Gasteiger partial charge is 0.122 e. The van der Waals surface area contributed by atoms with E-state index in [-0.39, 0.29) is 0 Å². The van der Waals surface area contributed by atoms with Crippen molar-refractivity contribution < 1.29 is 9.47 Å². The standard InChI is InChI=1S/C14H21NO2S/c1-10-7-14(11(2)6-13(10)16-3)18-9-12-8-15-4-5-17-12/h6-7,12,15H,4-5,8-9H2,1-3H3. The van der Waals surface area contributed by atoms with E-state index in [2.05, 4.69) is 31.3 Å². The van der Waals surface area contributed by atoms with Crippen molar-refractivity contribution in [1.29, 1.82) is 0 Å². The molecule has 1 aliphatic rings. The molecular weight excluding hydrogens is 246 g/mol. The molecule has 3 nitrogen and oxygen atoms in total. The number of thioether (sulfide) groups is 1. The summed E-state index contributed by atoms with van der Waals surface area (Å²) in [6, 6.07) is 4.31. The Hall–Kier alpha value is -0.710. The van der Waals surface area contributed by atoms with E-state index in [9.17, 15) is 0 Å². The molecule has 1 aliphatic heterocycles. The molecule has 1 aromatic carbocycles. The van der Waals surface area contributed by atoms with Gasteiger partial charge in [-0.05, 0) is 37.1 Å². The molecule has 1 unspecified atom stereocenters. The Morgan fingerprint density at radius 1 is 1.39 bits per heavy atom. The van der Waals surface area contributed by atoms with Gasteiger partial charge >= 0.3 is 0 Å². The summed E-state index contributed by atoms with van der Waals surface area (Å²) >= 11 is 1.87. The van der Waals surface area contributed by atoms with Crippen molar-refractivity contribution in [2.75, 3.05) is 32.6 Å². The Bertz CT molecular complexity index is 403. The minimum Gasteiger partial charge on any atom is -0.496 e. The van der Waals surface area contributed by atoms with Crippen molar-refractivity contribution in [1.82, 2.24) is 5.32 Å². The zero-order valence-corrected chi connectivity index (χ0v) is 12.1. The van der Waals surface area contributed by atoms with Crippen molar-refractivity contribution in [3.8, 4) is 5.75 Å². The Kier molecular flexibility index (Phi) is 4.92. The molecule has 0 spiro atoms. The molecule has 0 bridgehead atoms. The number of nitrogens with one attached hydrogen (secondary N) is 1. The van der Waals surface area contributed by atoms with E-state index in [1.807, 2.05) is 11.8 Å². The van der Waals surface area contributed by atoms with Crippen molar-refractivity contribution in [2.24, 2.45) is 0 Å². The molecule has 0 amide bonds. The highest BCUT2D eigenvalue weighted by atomic mass is 32.2. The van der Waals surface area contributed by atoms with Crippen LogP contribution in [-0.2, 0) is 4.74 Å². The zero-order chi connectivity index (χ0) is 13.0. The number of methoxy groups -OCH3 is 1. The summed E-state index contributed by atoms with van der Waals surface area (Å²) in [6.45, 7) is 6.97. The topological polar surface area (TPSA) is 30.5 Å². The highest BCUT2D eigenvalue weighted by molar-refractivity contribution is 7.99. The Labute approximate surface area is 113 Å². The first-order valence-electron chi connectivity index (χ1n) is 6.31. The predicted octanol–water partition coefficient (Wildman–Crippen LogP) is 2.39. The van der Waals surface area contributed by atoms with Gasteiger partial charge in [0, 0.05) is 23.7 Å². The lowest BCUT2D eigenvalue weighted by Gasteiger charge is -2.23. The van der Waals surface area contributed by atoms with Crippen LogP contribution in [0.3, 0.4) is 0 Å². The average molecular weight is 267 g/mol. The lowest BCUT2D eigenvalue weighted by molar-refractivity contribution is 0.0441. The fourth-order valence-electron chi connectivity index (χ4n) is 2.05. The Balaban J connectivity index is 1.98. The van der Waals surface area contributed by atoms with Gasteiger partial charge in [0.15, 0.2) is 0 Å². The van der Waals surface area contributed by atoms with Crippen LogP contribution in [0, 0.1) is 13.8 Å². The van der Waals surface area contributed by atoms with Crippen LogP contribution in [0.4, 0.5) is 0 Å². The van der Waals surface area contributed by atoms with E-state index in [1.165, 1.54) is 16.0 Å². The summed E-state index contributed by atoms with van der Waals surface area (Å²) in [5, 5.41) is 3.36. The van der Waals surface area contributed by atoms with Crippen molar-refractivity contribution in [3.05, 3.63) is 23.3 Å². The third kappa shape index (κ3) is 3.40. The molecule has 1 N–H and O–H groups in total.